The zero-order chi connectivity index (χ0) is 20.1. The molecule has 0 spiro atoms. The van der Waals surface area contributed by atoms with Crippen LogP contribution in [0.2, 0.25) is 0 Å². The first kappa shape index (κ1) is 20.0. The average molecular weight is 370 g/mol. The van der Waals surface area contributed by atoms with Gasteiger partial charge < -0.3 is 20.5 Å². The van der Waals surface area contributed by atoms with E-state index in [1.807, 2.05) is 6.92 Å². The van der Waals surface area contributed by atoms with Crippen LogP contribution in [0.4, 0.5) is 5.69 Å². The first-order chi connectivity index (χ1) is 12.7. The third-order valence-electron chi connectivity index (χ3n) is 4.04. The second-order valence-corrected chi connectivity index (χ2v) is 6.18. The summed E-state index contributed by atoms with van der Waals surface area (Å²) in [5.74, 6) is -1.19. The van der Waals surface area contributed by atoms with Crippen LogP contribution in [0.5, 0.6) is 5.75 Å². The van der Waals surface area contributed by atoms with Crippen molar-refractivity contribution in [2.45, 2.75) is 20.8 Å². The molecule has 0 radical (unpaired) electrons. The Bertz CT molecular complexity index is 882. The van der Waals surface area contributed by atoms with Crippen LogP contribution in [-0.2, 0) is 4.79 Å². The van der Waals surface area contributed by atoms with Gasteiger partial charge in [-0.25, -0.2) is 4.79 Å². The SMILES string of the molecule is CNC(=O)c1ccc(C)c(NC(=O)c2cc(C)c(OCC(=O)O)c(C)c2)c1. The smallest absolute Gasteiger partial charge is 0.341 e. The number of ether oxygens (including phenoxy) is 1. The van der Waals surface area contributed by atoms with Gasteiger partial charge >= 0.3 is 5.97 Å². The van der Waals surface area contributed by atoms with E-state index in [1.165, 1.54) is 0 Å². The van der Waals surface area contributed by atoms with E-state index in [2.05, 4.69) is 10.6 Å². The van der Waals surface area contributed by atoms with Gasteiger partial charge in [-0.15, -0.1) is 0 Å². The fraction of sp³-hybridized carbons (Fsp3) is 0.250. The number of anilines is 1. The summed E-state index contributed by atoms with van der Waals surface area (Å²) in [4.78, 5) is 35.1. The van der Waals surface area contributed by atoms with E-state index >= 15 is 0 Å². The Hall–Kier alpha value is -3.35. The molecule has 0 bridgehead atoms. The molecule has 0 heterocycles. The first-order valence-electron chi connectivity index (χ1n) is 8.33. The van der Waals surface area contributed by atoms with Crippen LogP contribution in [0.25, 0.3) is 0 Å². The van der Waals surface area contributed by atoms with Crippen molar-refractivity contribution in [3.63, 3.8) is 0 Å². The van der Waals surface area contributed by atoms with Crippen LogP contribution in [0.3, 0.4) is 0 Å². The van der Waals surface area contributed by atoms with Crippen molar-refractivity contribution in [2.75, 3.05) is 19.0 Å². The van der Waals surface area contributed by atoms with Gasteiger partial charge in [0.25, 0.3) is 11.8 Å². The van der Waals surface area contributed by atoms with Gasteiger partial charge in [-0.2, -0.15) is 0 Å². The molecule has 0 aromatic heterocycles. The van der Waals surface area contributed by atoms with Crippen molar-refractivity contribution in [3.05, 3.63) is 58.1 Å². The van der Waals surface area contributed by atoms with Gasteiger partial charge in [-0.1, -0.05) is 6.07 Å². The largest absolute Gasteiger partial charge is 0.481 e. The summed E-state index contributed by atoms with van der Waals surface area (Å²) >= 11 is 0. The van der Waals surface area contributed by atoms with Gasteiger partial charge in [-0.05, 0) is 61.7 Å². The number of aliphatic carboxylic acids is 1. The minimum Gasteiger partial charge on any atom is -0.481 e. The van der Waals surface area contributed by atoms with Crippen molar-refractivity contribution in [1.82, 2.24) is 5.32 Å². The number of hydrogen-bond donors (Lipinski definition) is 3. The number of carbonyl (C=O) groups is 3. The van der Waals surface area contributed by atoms with Crippen LogP contribution < -0.4 is 15.4 Å². The van der Waals surface area contributed by atoms with E-state index in [9.17, 15) is 14.4 Å². The van der Waals surface area contributed by atoms with Gasteiger partial charge in [0.15, 0.2) is 6.61 Å². The van der Waals surface area contributed by atoms with Crippen molar-refractivity contribution >= 4 is 23.5 Å². The van der Waals surface area contributed by atoms with E-state index in [0.717, 1.165) is 5.56 Å². The van der Waals surface area contributed by atoms with Gasteiger partial charge in [0, 0.05) is 23.9 Å². The lowest BCUT2D eigenvalue weighted by atomic mass is 10.0. The maximum Gasteiger partial charge on any atom is 0.341 e. The molecule has 2 amide bonds. The van der Waals surface area contributed by atoms with E-state index in [4.69, 9.17) is 9.84 Å². The lowest BCUT2D eigenvalue weighted by Crippen LogP contribution is -2.19. The second-order valence-electron chi connectivity index (χ2n) is 6.18. The van der Waals surface area contributed by atoms with Crippen LogP contribution in [-0.4, -0.2) is 36.5 Å². The third kappa shape index (κ3) is 4.84. The Morgan fingerprint density at radius 2 is 1.56 bits per heavy atom. The van der Waals surface area contributed by atoms with Crippen LogP contribution in [0.15, 0.2) is 30.3 Å². The minimum absolute atomic E-state index is 0.239. The number of aryl methyl sites for hydroxylation is 3. The molecule has 0 aliphatic carbocycles. The van der Waals surface area contributed by atoms with Crippen molar-refractivity contribution < 1.29 is 24.2 Å². The predicted molar refractivity (Wildman–Crippen MR) is 102 cm³/mol. The zero-order valence-corrected chi connectivity index (χ0v) is 15.7. The molecule has 2 aromatic rings. The lowest BCUT2D eigenvalue weighted by molar-refractivity contribution is -0.139. The van der Waals surface area contributed by atoms with E-state index < -0.39 is 12.6 Å². The van der Waals surface area contributed by atoms with Crippen molar-refractivity contribution in [1.29, 1.82) is 0 Å². The number of hydrogen-bond acceptors (Lipinski definition) is 4. The highest BCUT2D eigenvalue weighted by Crippen LogP contribution is 2.26. The highest BCUT2D eigenvalue weighted by molar-refractivity contribution is 6.06. The zero-order valence-electron chi connectivity index (χ0n) is 15.7. The fourth-order valence-corrected chi connectivity index (χ4v) is 2.68. The Morgan fingerprint density at radius 3 is 2.11 bits per heavy atom. The van der Waals surface area contributed by atoms with E-state index in [-0.39, 0.29) is 11.8 Å². The van der Waals surface area contributed by atoms with Crippen LogP contribution >= 0.6 is 0 Å². The number of rotatable bonds is 6. The normalized spacial score (nSPS) is 10.2. The quantitative estimate of drug-likeness (QED) is 0.725. The molecule has 7 heteroatoms. The molecular formula is C20H22N2O5. The summed E-state index contributed by atoms with van der Waals surface area (Å²) < 4.78 is 5.28. The number of benzene rings is 2. The van der Waals surface area contributed by atoms with Crippen LogP contribution in [0.1, 0.15) is 37.4 Å². The molecule has 0 atom stereocenters. The molecule has 27 heavy (non-hydrogen) atoms. The summed E-state index contributed by atoms with van der Waals surface area (Å²) in [5.41, 5.74) is 3.56. The molecule has 3 N–H and O–H groups in total. The van der Waals surface area contributed by atoms with E-state index in [1.54, 1.807) is 51.2 Å². The maximum atomic E-state index is 12.7. The fourth-order valence-electron chi connectivity index (χ4n) is 2.68. The third-order valence-corrected chi connectivity index (χ3v) is 4.04. The second kappa shape index (κ2) is 8.35. The summed E-state index contributed by atoms with van der Waals surface area (Å²) in [6.45, 7) is 4.89. The molecule has 0 unspecified atom stereocenters. The Balaban J connectivity index is 2.26. The number of carbonyl (C=O) groups excluding carboxylic acids is 2. The average Bonchev–Trinajstić information content (AvgIpc) is 2.61. The molecule has 0 saturated heterocycles. The van der Waals surface area contributed by atoms with Crippen LogP contribution in [0, 0.1) is 20.8 Å². The molecular weight excluding hydrogens is 348 g/mol. The molecule has 0 aliphatic rings. The maximum absolute atomic E-state index is 12.7. The first-order valence-corrected chi connectivity index (χ1v) is 8.33. The Morgan fingerprint density at radius 1 is 0.926 bits per heavy atom. The number of carboxylic acid groups (broad SMARTS) is 1. The number of carboxylic acids is 1. The topological polar surface area (TPSA) is 105 Å². The molecule has 2 aromatic carbocycles. The molecule has 0 fully saturated rings. The van der Waals surface area contributed by atoms with E-state index in [0.29, 0.717) is 33.7 Å². The van der Waals surface area contributed by atoms with Gasteiger partial charge in [0.1, 0.15) is 5.75 Å². The minimum atomic E-state index is -1.07. The summed E-state index contributed by atoms with van der Waals surface area (Å²) in [7, 11) is 1.54. The molecule has 142 valence electrons. The molecule has 0 saturated carbocycles. The van der Waals surface area contributed by atoms with Gasteiger partial charge in [-0.3, -0.25) is 9.59 Å². The highest BCUT2D eigenvalue weighted by Gasteiger charge is 2.15. The Kier molecular flexibility index (Phi) is 6.18. The molecule has 2 rings (SSSR count). The Labute approximate surface area is 157 Å². The molecule has 7 nitrogen and oxygen atoms in total. The van der Waals surface area contributed by atoms with Gasteiger partial charge in [0.2, 0.25) is 0 Å². The lowest BCUT2D eigenvalue weighted by Gasteiger charge is -2.14. The van der Waals surface area contributed by atoms with Gasteiger partial charge in [0.05, 0.1) is 0 Å². The highest BCUT2D eigenvalue weighted by atomic mass is 16.5. The number of amides is 2. The summed E-state index contributed by atoms with van der Waals surface area (Å²) in [5, 5.41) is 14.1. The number of nitrogens with one attached hydrogen (secondary N) is 2. The predicted octanol–water partition coefficient (Wildman–Crippen LogP) is 2.69. The standard InChI is InChI=1S/C20H22N2O5/c1-11-5-6-14(19(25)21-4)9-16(11)22-20(26)15-7-12(2)18(13(3)8-15)27-10-17(23)24/h5-9H,10H2,1-4H3,(H,21,25)(H,22,26)(H,23,24). The summed E-state index contributed by atoms with van der Waals surface area (Å²) in [6.07, 6.45) is 0. The summed E-state index contributed by atoms with van der Waals surface area (Å²) in [6, 6.07) is 8.34. The van der Waals surface area contributed by atoms with Crippen molar-refractivity contribution in [2.24, 2.45) is 0 Å². The monoisotopic (exact) mass is 370 g/mol. The molecule has 0 aliphatic heterocycles. The van der Waals surface area contributed by atoms with Crippen molar-refractivity contribution in [3.8, 4) is 5.75 Å².